The van der Waals surface area contributed by atoms with Gasteiger partial charge in [-0.2, -0.15) is 0 Å². The molecule has 0 aliphatic heterocycles. The van der Waals surface area contributed by atoms with Gasteiger partial charge in [-0.25, -0.2) is 44.7 Å². The molecule has 92 heavy (non-hydrogen) atoms. The van der Waals surface area contributed by atoms with Crippen LogP contribution in [0.4, 0.5) is 11.5 Å². The van der Waals surface area contributed by atoms with E-state index in [0.29, 0.717) is 83.8 Å². The molecule has 476 valence electrons. The topological polar surface area (TPSA) is 367 Å². The van der Waals surface area contributed by atoms with Crippen LogP contribution in [0.15, 0.2) is 82.3 Å². The van der Waals surface area contributed by atoms with Crippen molar-refractivity contribution in [3.05, 3.63) is 135 Å². The fourth-order valence-electron chi connectivity index (χ4n) is 10.0. The summed E-state index contributed by atoms with van der Waals surface area (Å²) in [5.74, 6) is -6.61. The normalized spacial score (nSPS) is 14.5. The van der Waals surface area contributed by atoms with Gasteiger partial charge < -0.3 is 42.0 Å². The number of methoxy groups -OCH3 is 1. The van der Waals surface area contributed by atoms with Crippen LogP contribution in [0.2, 0.25) is 0 Å². The minimum absolute atomic E-state index is 0.00745. The molecule has 0 bridgehead atoms. The molecule has 0 spiro atoms. The first kappa shape index (κ1) is 66.0. The summed E-state index contributed by atoms with van der Waals surface area (Å²) in [6.07, 6.45) is 3.89. The molecule has 10 rings (SSSR count). The van der Waals surface area contributed by atoms with Gasteiger partial charge in [0.1, 0.15) is 64.9 Å². The summed E-state index contributed by atoms with van der Waals surface area (Å²) in [6, 6.07) is 14.7. The molecule has 9 aromatic rings. The summed E-state index contributed by atoms with van der Waals surface area (Å²) in [5.41, 5.74) is 9.03. The van der Waals surface area contributed by atoms with E-state index >= 15 is 0 Å². The van der Waals surface area contributed by atoms with Crippen LogP contribution in [-0.4, -0.2) is 118 Å². The second-order valence-corrected chi connectivity index (χ2v) is 27.4. The molecule has 31 heteroatoms. The summed E-state index contributed by atoms with van der Waals surface area (Å²) in [5, 5.41) is 40.4. The van der Waals surface area contributed by atoms with Gasteiger partial charge in [0.15, 0.2) is 5.82 Å². The van der Waals surface area contributed by atoms with E-state index in [9.17, 15) is 48.6 Å². The Morgan fingerprint density at radius 3 is 2.11 bits per heavy atom. The Morgan fingerprint density at radius 2 is 1.41 bits per heavy atom. The van der Waals surface area contributed by atoms with E-state index in [0.717, 1.165) is 29.2 Å². The number of carboxylic acids is 2. The van der Waals surface area contributed by atoms with Gasteiger partial charge >= 0.3 is 11.9 Å². The number of benzene rings is 1. The van der Waals surface area contributed by atoms with Crippen molar-refractivity contribution < 1.29 is 53.3 Å². The smallest absolute Gasteiger partial charge is 0.354 e. The lowest BCUT2D eigenvalue weighted by molar-refractivity contribution is -0.144. The summed E-state index contributed by atoms with van der Waals surface area (Å²) in [7, 11) is 2.92. The molecule has 25 nitrogen and oxygen atoms in total. The molecular formula is C61H60N14O11S6. The van der Waals surface area contributed by atoms with Crippen LogP contribution in [0.3, 0.4) is 0 Å². The quantitative estimate of drug-likeness (QED) is 0.0265. The zero-order chi connectivity index (χ0) is 65.3. The molecule has 0 saturated heterocycles. The number of rotatable bonds is 26. The molecule has 1 aliphatic carbocycles. The van der Waals surface area contributed by atoms with E-state index in [1.165, 1.54) is 88.3 Å². The first-order valence-electron chi connectivity index (χ1n) is 28.7. The predicted octanol–water partition coefficient (Wildman–Crippen LogP) is 9.33. The minimum atomic E-state index is -1.24. The van der Waals surface area contributed by atoms with Crippen molar-refractivity contribution in [2.24, 2.45) is 23.5 Å². The molecule has 1 unspecified atom stereocenters. The summed E-state index contributed by atoms with van der Waals surface area (Å²) < 4.78 is 5.32. The van der Waals surface area contributed by atoms with E-state index in [1.54, 1.807) is 41.2 Å². The zero-order valence-corrected chi connectivity index (χ0v) is 54.9. The number of carbonyl (C=O) groups is 8. The van der Waals surface area contributed by atoms with E-state index in [1.807, 2.05) is 42.8 Å². The van der Waals surface area contributed by atoms with Crippen LogP contribution in [0.5, 0.6) is 0 Å². The number of thiazole rings is 6. The highest BCUT2D eigenvalue weighted by Gasteiger charge is 2.36. The zero-order valence-electron chi connectivity index (χ0n) is 50.0. The number of anilines is 2. The third kappa shape index (κ3) is 15.5. The number of amides is 6. The van der Waals surface area contributed by atoms with E-state index in [-0.39, 0.29) is 64.1 Å². The Hall–Kier alpha value is -8.98. The summed E-state index contributed by atoms with van der Waals surface area (Å²) in [4.78, 5) is 145. The van der Waals surface area contributed by atoms with Crippen molar-refractivity contribution in [2.45, 2.75) is 84.4 Å². The number of ether oxygens (including phenoxy) is 1. The highest BCUT2D eigenvalue weighted by molar-refractivity contribution is 7.15. The minimum Gasteiger partial charge on any atom is -0.481 e. The molecule has 2 atom stereocenters. The van der Waals surface area contributed by atoms with Crippen molar-refractivity contribution in [3.63, 3.8) is 0 Å². The van der Waals surface area contributed by atoms with Gasteiger partial charge in [0, 0.05) is 58.5 Å². The number of nitrogens with one attached hydrogen (secondary N) is 4. The number of carboxylic acid groups (broad SMARTS) is 2. The van der Waals surface area contributed by atoms with E-state index < -0.39 is 71.9 Å². The number of hydrogen-bond donors (Lipinski definition) is 7. The standard InChI is InChI=1S/C61H60N14O11S6/c1-29(2)47(58-74-50(42(92-58)24-86-5)52(79)65-23-43(62)76)72-53(80)48-30(3)91-57(73-48)38(21-45(77)63-4)68-51(78)40-26-88-54(70-40)35-17-19-36(67-49(35)39-25-89-56(69-39)41-27-87-46(66-41)20-11-31-9-7-6-8-10-31)55-71-44(28-90-55)75(34-16-18-37(61(84)85)64-22-34)59(81)32-12-14-33(15-13-32)60(82)83/h6-10,16-19,22,25-29,32-33,38,47H,11-15,20-21,23-24H2,1-5H3,(H2,62,76)(H,63,77)(H,65,79)(H,68,78)(H,72,80)(H,82,83)(H,84,85)/t32?,33?,38-,47?/m0/s1. The lowest BCUT2D eigenvalue weighted by Crippen LogP contribution is -2.36. The lowest BCUT2D eigenvalue weighted by atomic mass is 9.81. The number of primary amides is 1. The number of aryl methyl sites for hydroxylation is 3. The highest BCUT2D eigenvalue weighted by atomic mass is 32.1. The molecule has 8 aromatic heterocycles. The largest absolute Gasteiger partial charge is 0.481 e. The second kappa shape index (κ2) is 29.5. The SMILES string of the molecule is CNC(=O)C[C@H](NC(=O)c1csc(-c2ccc(-c3nc(N(C(=O)C4CCC(C(=O)O)CC4)c4ccc(C(=O)O)nc4)cs3)nc2-c2csc(-c3csc(CCc4ccccc4)n3)n2)n1)c1nc(C(=O)NC(c2nc(C(=O)NCC(N)=O)c(COC)s2)C(C)C)c(C)s1. The third-order valence-corrected chi connectivity index (χ3v) is 20.5. The number of carbonyl (C=O) groups excluding carboxylic acids is 6. The number of hydrogen-bond acceptors (Lipinski definition) is 23. The summed E-state index contributed by atoms with van der Waals surface area (Å²) in [6.45, 7) is 5.07. The maximum atomic E-state index is 14.5. The Bertz CT molecular complexity index is 4210. The van der Waals surface area contributed by atoms with Crippen LogP contribution in [0.1, 0.15) is 130 Å². The second-order valence-electron chi connectivity index (χ2n) is 21.5. The average Bonchev–Trinajstić information content (AvgIpc) is 1.57. The molecule has 8 heterocycles. The fourth-order valence-corrected chi connectivity index (χ4v) is 15.5. The maximum Gasteiger partial charge on any atom is 0.354 e. The fraction of sp³-hybridized carbons (Fsp3) is 0.311. The molecule has 0 radical (unpaired) electrons. The highest BCUT2D eigenvalue weighted by Crippen LogP contribution is 2.41. The van der Waals surface area contributed by atoms with Gasteiger partial charge in [0.25, 0.3) is 17.7 Å². The number of aliphatic carboxylic acids is 1. The van der Waals surface area contributed by atoms with Crippen molar-refractivity contribution in [1.82, 2.24) is 61.1 Å². The molecule has 1 aliphatic rings. The van der Waals surface area contributed by atoms with Crippen LogP contribution in [0, 0.1) is 24.7 Å². The van der Waals surface area contributed by atoms with Crippen LogP contribution >= 0.6 is 68.0 Å². The predicted molar refractivity (Wildman–Crippen MR) is 349 cm³/mol. The molecular weight excluding hydrogens is 1300 g/mol. The Balaban J connectivity index is 0.941. The molecule has 6 amide bonds. The Kier molecular flexibility index (Phi) is 21.2. The van der Waals surface area contributed by atoms with Crippen molar-refractivity contribution in [1.29, 1.82) is 0 Å². The summed E-state index contributed by atoms with van der Waals surface area (Å²) >= 11 is 7.59. The van der Waals surface area contributed by atoms with Gasteiger partial charge in [-0.1, -0.05) is 44.2 Å². The maximum absolute atomic E-state index is 14.5. The molecule has 1 aromatic carbocycles. The monoisotopic (exact) mass is 1360 g/mol. The third-order valence-electron chi connectivity index (χ3n) is 14.8. The molecule has 1 fully saturated rings. The number of aromatic nitrogens is 8. The van der Waals surface area contributed by atoms with Crippen molar-refractivity contribution in [2.75, 3.05) is 25.6 Å². The molecule has 8 N–H and O–H groups in total. The van der Waals surface area contributed by atoms with Crippen molar-refractivity contribution in [3.8, 4) is 43.4 Å². The number of pyridine rings is 2. The first-order chi connectivity index (χ1) is 44.2. The van der Waals surface area contributed by atoms with Gasteiger partial charge in [0.2, 0.25) is 17.7 Å². The van der Waals surface area contributed by atoms with Gasteiger partial charge in [0.05, 0.1) is 65.0 Å². The van der Waals surface area contributed by atoms with Gasteiger partial charge in [-0.05, 0) is 74.8 Å². The van der Waals surface area contributed by atoms with Crippen LogP contribution in [-0.2, 0) is 43.4 Å². The number of aromatic carboxylic acids is 1. The first-order valence-corrected chi connectivity index (χ1v) is 33.9. The number of nitrogens with two attached hydrogens (primary N) is 1. The number of nitrogens with zero attached hydrogens (tertiary/aromatic N) is 9. The van der Waals surface area contributed by atoms with E-state index in [4.69, 9.17) is 35.4 Å². The van der Waals surface area contributed by atoms with Crippen LogP contribution < -0.4 is 31.9 Å². The van der Waals surface area contributed by atoms with Crippen LogP contribution in [0.25, 0.3) is 43.4 Å². The van der Waals surface area contributed by atoms with Gasteiger partial charge in [-0.3, -0.25) is 38.5 Å². The molecule has 1 saturated carbocycles. The lowest BCUT2D eigenvalue weighted by Gasteiger charge is -2.30. The Labute approximate surface area is 550 Å². The average molecular weight is 1360 g/mol. The van der Waals surface area contributed by atoms with Gasteiger partial charge in [-0.15, -0.1) is 68.0 Å². The Morgan fingerprint density at radius 1 is 0.696 bits per heavy atom. The van der Waals surface area contributed by atoms with E-state index in [2.05, 4.69) is 48.4 Å². The van der Waals surface area contributed by atoms with Crippen molar-refractivity contribution >= 4 is 127 Å².